The molecule has 0 N–H and O–H groups in total. The van der Waals surface area contributed by atoms with Crippen LogP contribution in [0.15, 0.2) is 42.5 Å². The van der Waals surface area contributed by atoms with E-state index in [4.69, 9.17) is 14.5 Å². The third-order valence-electron chi connectivity index (χ3n) is 7.56. The minimum Gasteiger partial charge on any atom is -0.445 e. The van der Waals surface area contributed by atoms with Crippen LogP contribution in [0.4, 0.5) is 15.3 Å². The van der Waals surface area contributed by atoms with Gasteiger partial charge in [0.1, 0.15) is 25.7 Å². The maximum absolute atomic E-state index is 13.1. The Hall–Kier alpha value is -3.70. The van der Waals surface area contributed by atoms with Crippen LogP contribution in [0.3, 0.4) is 0 Å². The van der Waals surface area contributed by atoms with Crippen molar-refractivity contribution in [3.63, 3.8) is 0 Å². The molecule has 2 aliphatic rings. The molecule has 2 aromatic carbocycles. The average molecular weight is 578 g/mol. The van der Waals surface area contributed by atoms with E-state index in [1.807, 2.05) is 41.0 Å². The molecule has 2 heterocycles. The Balaban J connectivity index is 1.48. The lowest BCUT2D eigenvalue weighted by Gasteiger charge is -2.21. The highest BCUT2D eigenvalue weighted by Gasteiger charge is 2.37. The van der Waals surface area contributed by atoms with Crippen molar-refractivity contribution >= 4 is 42.8 Å². The quantitative estimate of drug-likeness (QED) is 0.172. The Morgan fingerprint density at radius 1 is 1.12 bits per heavy atom. The van der Waals surface area contributed by atoms with E-state index in [1.54, 1.807) is 7.05 Å². The molecule has 11 heteroatoms. The first kappa shape index (κ1) is 28.8. The minimum atomic E-state index is -1.31. The second-order valence-corrected chi connectivity index (χ2v) is 17.8. The van der Waals surface area contributed by atoms with Crippen molar-refractivity contribution in [2.24, 2.45) is 0 Å². The van der Waals surface area contributed by atoms with Gasteiger partial charge in [-0.25, -0.2) is 14.6 Å². The number of anilines is 1. The Labute approximate surface area is 241 Å². The monoisotopic (exact) mass is 577 g/mol. The van der Waals surface area contributed by atoms with Gasteiger partial charge in [0.25, 0.3) is 0 Å². The number of amides is 4. The standard InChI is InChI=1S/C30H39N5O5Si/c1-32(30(38)40-19-21-9-7-6-8-10-21)17-26-31-24-15-23(22-11-12-22)16-25(34-18-27(36)33(2)29(34)37)28(24)35(26)20-39-13-14-41(3,4)5/h6-10,15-16,22H,11-14,17-20H2,1-5H3. The van der Waals surface area contributed by atoms with Gasteiger partial charge in [0.05, 0.1) is 23.3 Å². The molecular weight excluding hydrogens is 538 g/mol. The van der Waals surface area contributed by atoms with E-state index in [2.05, 4.69) is 25.7 Å². The Morgan fingerprint density at radius 3 is 2.49 bits per heavy atom. The molecule has 0 atom stereocenters. The first-order chi connectivity index (χ1) is 19.5. The highest BCUT2D eigenvalue weighted by atomic mass is 28.3. The number of carbonyl (C=O) groups excluding carboxylic acids is 3. The summed E-state index contributed by atoms with van der Waals surface area (Å²) in [6.07, 6.45) is 1.70. The highest BCUT2D eigenvalue weighted by molar-refractivity contribution is 6.76. The van der Waals surface area contributed by atoms with Gasteiger partial charge >= 0.3 is 12.1 Å². The first-order valence-corrected chi connectivity index (χ1v) is 17.8. The van der Waals surface area contributed by atoms with Gasteiger partial charge in [-0.3, -0.25) is 14.6 Å². The molecule has 3 aromatic rings. The fourth-order valence-electron chi connectivity index (χ4n) is 4.86. The zero-order valence-electron chi connectivity index (χ0n) is 24.6. The van der Waals surface area contributed by atoms with Crippen molar-refractivity contribution in [2.75, 3.05) is 32.1 Å². The molecule has 1 saturated carbocycles. The molecule has 4 amide bonds. The number of fused-ring (bicyclic) bond motifs is 1. The molecule has 1 aliphatic carbocycles. The minimum absolute atomic E-state index is 0.0265. The van der Waals surface area contributed by atoms with Crippen molar-refractivity contribution in [1.82, 2.24) is 19.4 Å². The predicted octanol–water partition coefficient (Wildman–Crippen LogP) is 5.39. The van der Waals surface area contributed by atoms with E-state index in [1.165, 1.54) is 16.8 Å². The van der Waals surface area contributed by atoms with Crippen LogP contribution in [0.25, 0.3) is 11.0 Å². The zero-order valence-corrected chi connectivity index (χ0v) is 25.6. The summed E-state index contributed by atoms with van der Waals surface area (Å²) in [5, 5.41) is 0. The van der Waals surface area contributed by atoms with Gasteiger partial charge in [-0.2, -0.15) is 0 Å². The number of rotatable bonds is 11. The lowest BCUT2D eigenvalue weighted by Crippen LogP contribution is -2.30. The van der Waals surface area contributed by atoms with Crippen LogP contribution in [0.2, 0.25) is 25.7 Å². The van der Waals surface area contributed by atoms with E-state index in [0.717, 1.165) is 40.4 Å². The molecule has 0 unspecified atom stereocenters. The van der Waals surface area contributed by atoms with Gasteiger partial charge in [-0.1, -0.05) is 50.0 Å². The third kappa shape index (κ3) is 6.62. The number of likely N-dealkylation sites (N-methyl/N-ethyl adjacent to an activating group) is 1. The second-order valence-electron chi connectivity index (χ2n) is 12.2. The van der Waals surface area contributed by atoms with Crippen molar-refractivity contribution in [1.29, 1.82) is 0 Å². The zero-order chi connectivity index (χ0) is 29.3. The summed E-state index contributed by atoms with van der Waals surface area (Å²) in [5.41, 5.74) is 4.10. The Bertz CT molecular complexity index is 1450. The fraction of sp³-hybridized carbons (Fsp3) is 0.467. The van der Waals surface area contributed by atoms with Gasteiger partial charge in [0.2, 0.25) is 5.91 Å². The summed E-state index contributed by atoms with van der Waals surface area (Å²) in [6.45, 7) is 8.05. The van der Waals surface area contributed by atoms with E-state index in [0.29, 0.717) is 29.6 Å². The molecular formula is C30H39N5O5Si. The van der Waals surface area contributed by atoms with E-state index >= 15 is 0 Å². The summed E-state index contributed by atoms with van der Waals surface area (Å²) in [7, 11) is 1.87. The number of benzene rings is 2. The van der Waals surface area contributed by atoms with Crippen molar-refractivity contribution < 1.29 is 23.9 Å². The Kier molecular flexibility index (Phi) is 8.19. The summed E-state index contributed by atoms with van der Waals surface area (Å²) >= 11 is 0. The molecule has 5 rings (SSSR count). The van der Waals surface area contributed by atoms with E-state index in [-0.39, 0.29) is 38.4 Å². The molecule has 218 valence electrons. The van der Waals surface area contributed by atoms with Gasteiger partial charge in [-0.15, -0.1) is 0 Å². The number of nitrogens with zero attached hydrogens (tertiary/aromatic N) is 5. The summed E-state index contributed by atoms with van der Waals surface area (Å²) in [4.78, 5) is 47.6. The SMILES string of the molecule is CN(Cc1nc2cc(C3CC3)cc(N3CC(=O)N(C)C3=O)c2n1COCC[Si](C)(C)C)C(=O)OCc1ccccc1. The second kappa shape index (κ2) is 11.7. The number of carbonyl (C=O) groups is 3. The topological polar surface area (TPSA) is 97.2 Å². The van der Waals surface area contributed by atoms with Gasteiger partial charge in [0, 0.05) is 28.8 Å². The van der Waals surface area contributed by atoms with Crippen LogP contribution in [0.5, 0.6) is 0 Å². The molecule has 1 aromatic heterocycles. The van der Waals surface area contributed by atoms with Gasteiger partial charge in [-0.05, 0) is 48.1 Å². The molecule has 10 nitrogen and oxygen atoms in total. The van der Waals surface area contributed by atoms with E-state index in [9.17, 15) is 14.4 Å². The van der Waals surface area contributed by atoms with Crippen molar-refractivity contribution in [3.05, 3.63) is 59.4 Å². The molecule has 0 bridgehead atoms. The highest BCUT2D eigenvalue weighted by Crippen LogP contribution is 2.44. The summed E-state index contributed by atoms with van der Waals surface area (Å²) in [6, 6.07) is 14.3. The predicted molar refractivity (Wildman–Crippen MR) is 159 cm³/mol. The summed E-state index contributed by atoms with van der Waals surface area (Å²) < 4.78 is 13.6. The molecule has 1 saturated heterocycles. The largest absolute Gasteiger partial charge is 0.445 e. The molecule has 1 aliphatic heterocycles. The number of imide groups is 1. The van der Waals surface area contributed by atoms with Gasteiger partial charge < -0.3 is 18.9 Å². The van der Waals surface area contributed by atoms with Gasteiger partial charge in [0.15, 0.2) is 0 Å². The van der Waals surface area contributed by atoms with E-state index < -0.39 is 14.2 Å². The lowest BCUT2D eigenvalue weighted by molar-refractivity contribution is -0.123. The Morgan fingerprint density at radius 2 is 1.85 bits per heavy atom. The number of hydrogen-bond donors (Lipinski definition) is 0. The van der Waals surface area contributed by atoms with Crippen molar-refractivity contribution in [2.45, 2.75) is 64.3 Å². The fourth-order valence-corrected chi connectivity index (χ4v) is 5.62. The molecule has 41 heavy (non-hydrogen) atoms. The van der Waals surface area contributed by atoms with Crippen LogP contribution >= 0.6 is 0 Å². The molecule has 0 radical (unpaired) electrons. The number of hydrogen-bond acceptors (Lipinski definition) is 6. The number of aromatic nitrogens is 2. The van der Waals surface area contributed by atoms with Crippen LogP contribution in [0, 0.1) is 0 Å². The lowest BCUT2D eigenvalue weighted by atomic mass is 10.1. The normalized spacial score (nSPS) is 15.7. The number of imidazole rings is 1. The first-order valence-electron chi connectivity index (χ1n) is 14.1. The maximum Gasteiger partial charge on any atom is 0.410 e. The molecule has 0 spiro atoms. The molecule has 2 fully saturated rings. The van der Waals surface area contributed by atoms with Crippen LogP contribution in [0.1, 0.15) is 35.7 Å². The number of ether oxygens (including phenoxy) is 2. The van der Waals surface area contributed by atoms with Crippen LogP contribution < -0.4 is 4.90 Å². The van der Waals surface area contributed by atoms with Crippen LogP contribution in [-0.4, -0.2) is 72.7 Å². The number of urea groups is 1. The summed E-state index contributed by atoms with van der Waals surface area (Å²) in [5.74, 6) is 0.785. The smallest absolute Gasteiger partial charge is 0.410 e. The third-order valence-corrected chi connectivity index (χ3v) is 9.26. The van der Waals surface area contributed by atoms with Crippen molar-refractivity contribution in [3.8, 4) is 0 Å². The average Bonchev–Trinajstić information content (AvgIpc) is 3.69. The maximum atomic E-state index is 13.1. The van der Waals surface area contributed by atoms with Crippen LogP contribution in [-0.2, 0) is 34.2 Å².